The molecule has 0 radical (unpaired) electrons. The van der Waals surface area contributed by atoms with Gasteiger partial charge >= 0.3 is 0 Å². The van der Waals surface area contributed by atoms with Gasteiger partial charge in [-0.1, -0.05) is 0 Å². The Balaban J connectivity index is 1.26. The number of amides is 2. The van der Waals surface area contributed by atoms with Gasteiger partial charge in [0.2, 0.25) is 11.8 Å². The van der Waals surface area contributed by atoms with E-state index >= 15 is 0 Å². The van der Waals surface area contributed by atoms with Gasteiger partial charge in [-0.3, -0.25) is 15.0 Å². The molecule has 5 unspecified atom stereocenters. The highest BCUT2D eigenvalue weighted by atomic mass is 35.5. The fourth-order valence-electron chi connectivity index (χ4n) is 5.63. The van der Waals surface area contributed by atoms with Gasteiger partial charge in [0, 0.05) is 32.1 Å². The van der Waals surface area contributed by atoms with Crippen LogP contribution in [0.1, 0.15) is 51.4 Å². The Hall–Kier alpha value is -1.00. The van der Waals surface area contributed by atoms with E-state index in [9.17, 15) is 19.1 Å². The van der Waals surface area contributed by atoms with Gasteiger partial charge in [-0.2, -0.15) is 0 Å². The molecule has 176 valence electrons. The fraction of sp³-hybridized carbons (Fsp3) is 0.905. The standard InChI is InChI=1S/C21H34ClFN4O4/c1-27-11-13(10-24-27)19(30)26-20-4-6-21(7-5-20,17(28)9-20)25-18(29)12-31-14-2-3-15(22)16(23)8-14/h13-17,24,28H,2-12H2,1H3,(H,25,29)(H,26,30). The van der Waals surface area contributed by atoms with E-state index in [4.69, 9.17) is 16.3 Å². The largest absolute Gasteiger partial charge is 0.391 e. The highest BCUT2D eigenvalue weighted by Gasteiger charge is 2.55. The molecule has 4 saturated carbocycles. The zero-order valence-corrected chi connectivity index (χ0v) is 18.8. The van der Waals surface area contributed by atoms with Gasteiger partial charge in [-0.25, -0.2) is 9.40 Å². The van der Waals surface area contributed by atoms with Crippen molar-refractivity contribution in [2.24, 2.45) is 5.92 Å². The van der Waals surface area contributed by atoms with E-state index in [1.165, 1.54) is 0 Å². The number of carbonyl (C=O) groups is 2. The van der Waals surface area contributed by atoms with Gasteiger partial charge in [-0.15, -0.1) is 11.6 Å². The number of carbonyl (C=O) groups excluding carboxylic acids is 2. The number of rotatable bonds is 6. The molecule has 5 atom stereocenters. The Labute approximate surface area is 187 Å². The van der Waals surface area contributed by atoms with E-state index < -0.39 is 28.7 Å². The summed E-state index contributed by atoms with van der Waals surface area (Å²) in [5.74, 6) is -0.366. The molecule has 2 amide bonds. The average molecular weight is 461 g/mol. The molecule has 0 spiro atoms. The van der Waals surface area contributed by atoms with Crippen molar-refractivity contribution < 1.29 is 23.8 Å². The first kappa shape index (κ1) is 23.2. The lowest BCUT2D eigenvalue weighted by Crippen LogP contribution is -2.70. The molecule has 1 saturated heterocycles. The highest BCUT2D eigenvalue weighted by Crippen LogP contribution is 2.47. The van der Waals surface area contributed by atoms with Crippen molar-refractivity contribution in [3.05, 3.63) is 0 Å². The van der Waals surface area contributed by atoms with Crippen LogP contribution in [0.4, 0.5) is 4.39 Å². The Bertz CT molecular complexity index is 690. The van der Waals surface area contributed by atoms with Crippen LogP contribution in [0, 0.1) is 5.92 Å². The van der Waals surface area contributed by atoms with Crippen molar-refractivity contribution >= 4 is 23.4 Å². The number of hydrogen-bond acceptors (Lipinski definition) is 6. The summed E-state index contributed by atoms with van der Waals surface area (Å²) in [5.41, 5.74) is 2.05. The van der Waals surface area contributed by atoms with Crippen molar-refractivity contribution in [2.75, 3.05) is 26.7 Å². The second-order valence-corrected chi connectivity index (χ2v) is 10.5. The highest BCUT2D eigenvalue weighted by molar-refractivity contribution is 6.21. The normalized spacial score (nSPS) is 43.0. The number of ether oxygens (including phenoxy) is 1. The van der Waals surface area contributed by atoms with Crippen LogP contribution in [0.15, 0.2) is 0 Å². The third kappa shape index (κ3) is 5.00. The van der Waals surface area contributed by atoms with E-state index in [1.54, 1.807) is 0 Å². The maximum Gasteiger partial charge on any atom is 0.246 e. The van der Waals surface area contributed by atoms with Gasteiger partial charge in [0.05, 0.1) is 29.0 Å². The summed E-state index contributed by atoms with van der Waals surface area (Å²) in [6.07, 6.45) is 2.33. The number of hydrogen-bond donors (Lipinski definition) is 4. The Kier molecular flexibility index (Phi) is 6.80. The molecular weight excluding hydrogens is 427 g/mol. The van der Waals surface area contributed by atoms with Gasteiger partial charge in [0.1, 0.15) is 12.8 Å². The SMILES string of the molecule is CN1CC(C(=O)NC23CCC(NC(=O)COC4CCC(Cl)C(F)C4)(CC2)C(O)C3)CN1. The Morgan fingerprint density at radius 3 is 2.61 bits per heavy atom. The number of aliphatic hydroxyl groups excluding tert-OH is 1. The molecule has 5 aliphatic rings. The summed E-state index contributed by atoms with van der Waals surface area (Å²) >= 11 is 5.90. The van der Waals surface area contributed by atoms with E-state index in [0.29, 0.717) is 45.2 Å². The summed E-state index contributed by atoms with van der Waals surface area (Å²) in [6, 6.07) is 0. The van der Waals surface area contributed by atoms with Gasteiger partial charge in [0.15, 0.2) is 0 Å². The van der Waals surface area contributed by atoms with E-state index in [-0.39, 0.29) is 36.9 Å². The van der Waals surface area contributed by atoms with E-state index in [1.807, 2.05) is 12.1 Å². The maximum absolute atomic E-state index is 13.8. The van der Waals surface area contributed by atoms with Crippen LogP contribution in [-0.2, 0) is 14.3 Å². The van der Waals surface area contributed by atoms with Crippen LogP contribution in [-0.4, -0.2) is 83.5 Å². The van der Waals surface area contributed by atoms with Crippen LogP contribution < -0.4 is 16.1 Å². The summed E-state index contributed by atoms with van der Waals surface area (Å²) in [4.78, 5) is 25.2. The van der Waals surface area contributed by atoms with Crippen molar-refractivity contribution in [3.8, 4) is 0 Å². The molecule has 2 bridgehead atoms. The number of fused-ring (bicyclic) bond motifs is 3. The molecule has 0 aromatic carbocycles. The minimum atomic E-state index is -1.11. The van der Waals surface area contributed by atoms with Gasteiger partial charge < -0.3 is 20.5 Å². The topological polar surface area (TPSA) is 103 Å². The first-order valence-corrected chi connectivity index (χ1v) is 11.8. The molecule has 4 N–H and O–H groups in total. The number of aliphatic hydroxyl groups is 1. The molecule has 1 heterocycles. The molecule has 5 rings (SSSR count). The fourth-order valence-corrected chi connectivity index (χ4v) is 5.86. The van der Waals surface area contributed by atoms with Gasteiger partial charge in [-0.05, 0) is 44.9 Å². The summed E-state index contributed by atoms with van der Waals surface area (Å²) in [7, 11) is 1.91. The van der Waals surface area contributed by atoms with Crippen LogP contribution in [0.2, 0.25) is 0 Å². The first-order chi connectivity index (χ1) is 14.7. The average Bonchev–Trinajstić information content (AvgIpc) is 3.17. The summed E-state index contributed by atoms with van der Waals surface area (Å²) in [6.45, 7) is 1.14. The predicted molar refractivity (Wildman–Crippen MR) is 113 cm³/mol. The lowest BCUT2D eigenvalue weighted by Gasteiger charge is -2.56. The molecule has 1 aliphatic heterocycles. The van der Waals surface area contributed by atoms with Crippen LogP contribution in [0.25, 0.3) is 0 Å². The number of alkyl halides is 2. The number of halogens is 2. The van der Waals surface area contributed by atoms with Crippen molar-refractivity contribution in [1.29, 1.82) is 0 Å². The van der Waals surface area contributed by atoms with Crippen molar-refractivity contribution in [2.45, 2.75) is 86.2 Å². The third-order valence-corrected chi connectivity index (χ3v) is 8.16. The number of nitrogens with one attached hydrogen (secondary N) is 3. The molecule has 0 aromatic rings. The zero-order chi connectivity index (χ0) is 22.2. The Morgan fingerprint density at radius 1 is 1.26 bits per heavy atom. The molecule has 10 heteroatoms. The molecule has 4 aliphatic carbocycles. The van der Waals surface area contributed by atoms with Crippen molar-refractivity contribution in [3.63, 3.8) is 0 Å². The summed E-state index contributed by atoms with van der Waals surface area (Å²) in [5, 5.41) is 18.5. The molecular formula is C21H34ClFN4O4. The van der Waals surface area contributed by atoms with E-state index in [2.05, 4.69) is 16.1 Å². The number of hydrazine groups is 1. The molecule has 31 heavy (non-hydrogen) atoms. The van der Waals surface area contributed by atoms with Crippen molar-refractivity contribution in [1.82, 2.24) is 21.1 Å². The minimum Gasteiger partial charge on any atom is -0.391 e. The van der Waals surface area contributed by atoms with E-state index in [0.717, 1.165) is 12.8 Å². The quantitative estimate of drug-likeness (QED) is 0.433. The predicted octanol–water partition coefficient (Wildman–Crippen LogP) is 0.616. The lowest BCUT2D eigenvalue weighted by molar-refractivity contribution is -0.140. The lowest BCUT2D eigenvalue weighted by atomic mass is 9.59. The first-order valence-electron chi connectivity index (χ1n) is 11.4. The molecule has 0 aromatic heterocycles. The Morgan fingerprint density at radius 2 is 2.00 bits per heavy atom. The summed E-state index contributed by atoms with van der Waals surface area (Å²) < 4.78 is 19.4. The second-order valence-electron chi connectivity index (χ2n) is 9.91. The molecule has 8 nitrogen and oxygen atoms in total. The third-order valence-electron chi connectivity index (χ3n) is 7.67. The van der Waals surface area contributed by atoms with Gasteiger partial charge in [0.25, 0.3) is 0 Å². The smallest absolute Gasteiger partial charge is 0.246 e. The monoisotopic (exact) mass is 460 g/mol. The van der Waals surface area contributed by atoms with Crippen LogP contribution >= 0.6 is 11.6 Å². The second kappa shape index (κ2) is 9.09. The number of nitrogens with zero attached hydrogens (tertiary/aromatic N) is 1. The minimum absolute atomic E-state index is 0.0220. The van der Waals surface area contributed by atoms with Crippen LogP contribution in [0.5, 0.6) is 0 Å². The maximum atomic E-state index is 13.8. The molecule has 5 fully saturated rings. The van der Waals surface area contributed by atoms with Crippen LogP contribution in [0.3, 0.4) is 0 Å². The zero-order valence-electron chi connectivity index (χ0n) is 18.0.